The number of hydrogen-bond acceptors (Lipinski definition) is 4. The van der Waals surface area contributed by atoms with Crippen LogP contribution in [0.5, 0.6) is 0 Å². The maximum absolute atomic E-state index is 14.2. The Morgan fingerprint density at radius 2 is 2.28 bits per heavy atom. The summed E-state index contributed by atoms with van der Waals surface area (Å²) in [5, 5.41) is 11.6. The fourth-order valence-electron chi connectivity index (χ4n) is 3.18. The summed E-state index contributed by atoms with van der Waals surface area (Å²) in [5.41, 5.74) is 0.906. The number of carbonyl (C=O) groups excluding carboxylic acids is 1. The van der Waals surface area contributed by atoms with E-state index in [1.165, 1.54) is 13.0 Å². The molecule has 2 aromatic rings. The molecule has 3 rings (SSSR count). The van der Waals surface area contributed by atoms with Crippen molar-refractivity contribution >= 4 is 5.91 Å². The van der Waals surface area contributed by atoms with Crippen LogP contribution in [0.15, 0.2) is 34.7 Å². The third kappa shape index (κ3) is 4.06. The van der Waals surface area contributed by atoms with Crippen LogP contribution >= 0.6 is 0 Å². The first-order chi connectivity index (χ1) is 12.1. The number of nitrogens with zero attached hydrogens (tertiary/aromatic N) is 2. The molecule has 1 atom stereocenters. The summed E-state index contributed by atoms with van der Waals surface area (Å²) >= 11 is 0. The molecule has 25 heavy (non-hydrogen) atoms. The van der Waals surface area contributed by atoms with Gasteiger partial charge in [-0.2, -0.15) is 5.26 Å². The molecule has 1 aromatic carbocycles. The predicted molar refractivity (Wildman–Crippen MR) is 89.7 cm³/mol. The van der Waals surface area contributed by atoms with Crippen molar-refractivity contribution in [1.82, 2.24) is 10.2 Å². The van der Waals surface area contributed by atoms with Gasteiger partial charge in [-0.3, -0.25) is 9.69 Å². The van der Waals surface area contributed by atoms with Crippen molar-refractivity contribution in [3.05, 3.63) is 58.8 Å². The van der Waals surface area contributed by atoms with E-state index in [1.807, 2.05) is 18.2 Å². The first kappa shape index (κ1) is 17.2. The van der Waals surface area contributed by atoms with Crippen molar-refractivity contribution in [2.45, 2.75) is 38.9 Å². The van der Waals surface area contributed by atoms with Crippen LogP contribution in [0.25, 0.3) is 0 Å². The maximum atomic E-state index is 14.2. The molecule has 6 heteroatoms. The number of nitriles is 1. The van der Waals surface area contributed by atoms with Crippen molar-refractivity contribution in [1.29, 1.82) is 5.26 Å². The van der Waals surface area contributed by atoms with E-state index < -0.39 is 0 Å². The van der Waals surface area contributed by atoms with Gasteiger partial charge in [-0.15, -0.1) is 0 Å². The summed E-state index contributed by atoms with van der Waals surface area (Å²) in [5.74, 6) is 1.10. The monoisotopic (exact) mass is 341 g/mol. The molecule has 0 spiro atoms. The van der Waals surface area contributed by atoms with E-state index in [9.17, 15) is 9.18 Å². The van der Waals surface area contributed by atoms with Gasteiger partial charge in [0.15, 0.2) is 0 Å². The van der Waals surface area contributed by atoms with Crippen LogP contribution in [-0.2, 0) is 17.9 Å². The number of nitrogens with one attached hydrogen (secondary N) is 1. The van der Waals surface area contributed by atoms with Gasteiger partial charge in [0.05, 0.1) is 24.2 Å². The Labute approximate surface area is 146 Å². The van der Waals surface area contributed by atoms with Gasteiger partial charge < -0.3 is 9.73 Å². The van der Waals surface area contributed by atoms with E-state index in [0.717, 1.165) is 25.1 Å². The highest BCUT2D eigenvalue weighted by molar-refractivity contribution is 5.72. The van der Waals surface area contributed by atoms with Crippen molar-refractivity contribution in [3.63, 3.8) is 0 Å². The molecule has 1 aliphatic heterocycles. The minimum Gasteiger partial charge on any atom is -0.463 e. The first-order valence-electron chi connectivity index (χ1n) is 8.32. The summed E-state index contributed by atoms with van der Waals surface area (Å²) in [7, 11) is 0. The van der Waals surface area contributed by atoms with E-state index >= 15 is 0 Å². The Balaban J connectivity index is 1.70. The Kier molecular flexibility index (Phi) is 5.15. The molecule has 1 aromatic heterocycles. The van der Waals surface area contributed by atoms with Gasteiger partial charge in [0.25, 0.3) is 0 Å². The molecule has 5 nitrogen and oxygen atoms in total. The molecule has 1 saturated heterocycles. The molecule has 1 aliphatic rings. The molecule has 1 N–H and O–H groups in total. The smallest absolute Gasteiger partial charge is 0.217 e. The molecule has 2 heterocycles. The second-order valence-electron chi connectivity index (χ2n) is 6.26. The van der Waals surface area contributed by atoms with Crippen LogP contribution in [0, 0.1) is 17.1 Å². The Hall–Kier alpha value is -2.65. The van der Waals surface area contributed by atoms with Crippen LogP contribution in [0.2, 0.25) is 0 Å². The molecule has 1 amide bonds. The van der Waals surface area contributed by atoms with Gasteiger partial charge in [0.1, 0.15) is 17.3 Å². The number of amides is 1. The van der Waals surface area contributed by atoms with Crippen LogP contribution in [0.3, 0.4) is 0 Å². The quantitative estimate of drug-likeness (QED) is 0.906. The summed E-state index contributed by atoms with van der Waals surface area (Å²) in [4.78, 5) is 13.2. The SMILES string of the molecule is CC(=O)NCc1ccc(C2CCCN2Cc2ccc(C#N)cc2F)o1. The fourth-order valence-corrected chi connectivity index (χ4v) is 3.18. The topological polar surface area (TPSA) is 69.3 Å². The second kappa shape index (κ2) is 7.49. The maximum Gasteiger partial charge on any atom is 0.217 e. The highest BCUT2D eigenvalue weighted by atomic mass is 19.1. The van der Waals surface area contributed by atoms with Crippen LogP contribution in [-0.4, -0.2) is 17.4 Å². The van der Waals surface area contributed by atoms with Gasteiger partial charge in [0, 0.05) is 19.0 Å². The van der Waals surface area contributed by atoms with E-state index in [-0.39, 0.29) is 17.8 Å². The number of carbonyl (C=O) groups is 1. The minimum absolute atomic E-state index is 0.0983. The van der Waals surface area contributed by atoms with Crippen molar-refractivity contribution in [3.8, 4) is 6.07 Å². The standard InChI is InChI=1S/C19H20FN3O2/c1-13(24)22-11-16-6-7-19(25-16)18-3-2-8-23(18)12-15-5-4-14(10-21)9-17(15)20/h4-7,9,18H,2-3,8,11-12H2,1H3,(H,22,24). The lowest BCUT2D eigenvalue weighted by atomic mass is 10.1. The van der Waals surface area contributed by atoms with Crippen molar-refractivity contribution < 1.29 is 13.6 Å². The van der Waals surface area contributed by atoms with E-state index in [2.05, 4.69) is 10.2 Å². The first-order valence-corrected chi connectivity index (χ1v) is 8.32. The highest BCUT2D eigenvalue weighted by Gasteiger charge is 2.29. The number of furan rings is 1. The predicted octanol–water partition coefficient (Wildman–Crippen LogP) is 3.26. The average Bonchev–Trinajstić information content (AvgIpc) is 3.23. The number of hydrogen-bond donors (Lipinski definition) is 1. The molecule has 1 unspecified atom stereocenters. The van der Waals surface area contributed by atoms with Gasteiger partial charge in [-0.05, 0) is 43.7 Å². The fraction of sp³-hybridized carbons (Fsp3) is 0.368. The summed E-state index contributed by atoms with van der Waals surface area (Å²) in [6, 6.07) is 10.4. The van der Waals surface area contributed by atoms with E-state index in [1.54, 1.807) is 12.1 Å². The van der Waals surface area contributed by atoms with Gasteiger partial charge in [0.2, 0.25) is 5.91 Å². The van der Waals surface area contributed by atoms with Crippen LogP contribution < -0.4 is 5.32 Å². The normalized spacial score (nSPS) is 17.4. The minimum atomic E-state index is -0.351. The number of benzene rings is 1. The summed E-state index contributed by atoms with van der Waals surface area (Å²) in [6.07, 6.45) is 1.97. The zero-order valence-corrected chi connectivity index (χ0v) is 14.1. The summed E-state index contributed by atoms with van der Waals surface area (Å²) < 4.78 is 20.0. The zero-order chi connectivity index (χ0) is 17.8. The average molecular weight is 341 g/mol. The number of rotatable bonds is 5. The largest absolute Gasteiger partial charge is 0.463 e. The Morgan fingerprint density at radius 1 is 1.44 bits per heavy atom. The Morgan fingerprint density at radius 3 is 3.00 bits per heavy atom. The lowest BCUT2D eigenvalue weighted by Gasteiger charge is -2.23. The van der Waals surface area contributed by atoms with Crippen LogP contribution in [0.1, 0.15) is 48.5 Å². The summed E-state index contributed by atoms with van der Waals surface area (Å²) in [6.45, 7) is 3.18. The molecule has 0 saturated carbocycles. The number of halogens is 1. The van der Waals surface area contributed by atoms with Crippen molar-refractivity contribution in [2.75, 3.05) is 6.54 Å². The lowest BCUT2D eigenvalue weighted by molar-refractivity contribution is -0.119. The van der Waals surface area contributed by atoms with Gasteiger partial charge in [-0.1, -0.05) is 6.07 Å². The molecule has 130 valence electrons. The molecule has 0 aliphatic carbocycles. The second-order valence-corrected chi connectivity index (χ2v) is 6.26. The molecular weight excluding hydrogens is 321 g/mol. The van der Waals surface area contributed by atoms with Crippen LogP contribution in [0.4, 0.5) is 4.39 Å². The Bertz CT molecular complexity index is 809. The van der Waals surface area contributed by atoms with E-state index in [0.29, 0.717) is 30.0 Å². The third-order valence-corrected chi connectivity index (χ3v) is 4.44. The molecule has 0 radical (unpaired) electrons. The van der Waals surface area contributed by atoms with Gasteiger partial charge in [-0.25, -0.2) is 4.39 Å². The highest BCUT2D eigenvalue weighted by Crippen LogP contribution is 2.34. The van der Waals surface area contributed by atoms with E-state index in [4.69, 9.17) is 9.68 Å². The lowest BCUT2D eigenvalue weighted by Crippen LogP contribution is -2.23. The molecular formula is C19H20FN3O2. The van der Waals surface area contributed by atoms with Gasteiger partial charge >= 0.3 is 0 Å². The number of likely N-dealkylation sites (tertiary alicyclic amines) is 1. The molecule has 0 bridgehead atoms. The zero-order valence-electron chi connectivity index (χ0n) is 14.1. The van der Waals surface area contributed by atoms with Crippen molar-refractivity contribution in [2.24, 2.45) is 0 Å². The third-order valence-electron chi connectivity index (χ3n) is 4.44. The molecule has 1 fully saturated rings.